The van der Waals surface area contributed by atoms with Gasteiger partial charge in [0.25, 0.3) is 5.91 Å². The second-order valence-corrected chi connectivity index (χ2v) is 16.6. The zero-order valence-corrected chi connectivity index (χ0v) is 30.9. The lowest BCUT2D eigenvalue weighted by Crippen LogP contribution is -2.49. The van der Waals surface area contributed by atoms with Crippen molar-refractivity contribution in [3.8, 4) is 5.75 Å². The summed E-state index contributed by atoms with van der Waals surface area (Å²) in [5.74, 6) is 3.06. The van der Waals surface area contributed by atoms with Gasteiger partial charge in [-0.1, -0.05) is 18.2 Å². The molecule has 3 aromatic rings. The van der Waals surface area contributed by atoms with Crippen molar-refractivity contribution in [3.05, 3.63) is 88.5 Å². The van der Waals surface area contributed by atoms with E-state index in [1.165, 1.54) is 59.4 Å². The number of phenolic OH excluding ortho intramolecular Hbond substituents is 1. The summed E-state index contributed by atoms with van der Waals surface area (Å²) >= 11 is 0. The van der Waals surface area contributed by atoms with Crippen molar-refractivity contribution in [1.82, 2.24) is 15.1 Å². The number of piperidine rings is 2. The summed E-state index contributed by atoms with van der Waals surface area (Å²) in [6, 6.07) is 22.5. The van der Waals surface area contributed by atoms with Gasteiger partial charge in [0.2, 0.25) is 0 Å². The highest BCUT2D eigenvalue weighted by Crippen LogP contribution is 2.47. The first-order valence-electron chi connectivity index (χ1n) is 20.4. The second-order valence-electron chi connectivity index (χ2n) is 16.6. The van der Waals surface area contributed by atoms with Crippen LogP contribution in [0.2, 0.25) is 0 Å². The lowest BCUT2D eigenvalue weighted by molar-refractivity contribution is 0.0404. The predicted octanol–water partition coefficient (Wildman–Crippen LogP) is 6.26. The lowest BCUT2D eigenvalue weighted by Gasteiger charge is -2.41. The number of amides is 1. The first-order chi connectivity index (χ1) is 25.6. The summed E-state index contributed by atoms with van der Waals surface area (Å²) in [5, 5.41) is 13.7. The highest BCUT2D eigenvalue weighted by atomic mass is 16.5. The number of anilines is 2. The molecule has 8 heteroatoms. The normalized spacial score (nSPS) is 26.4. The first-order valence-corrected chi connectivity index (χ1v) is 20.4. The number of benzene rings is 3. The number of aryl methyl sites for hydroxylation is 1. The van der Waals surface area contributed by atoms with E-state index in [-0.39, 0.29) is 5.91 Å². The van der Waals surface area contributed by atoms with Crippen LogP contribution in [0.25, 0.3) is 0 Å². The Hall–Kier alpha value is -3.59. The topological polar surface area (TPSA) is 71.5 Å². The average Bonchev–Trinajstić information content (AvgIpc) is 3.54. The fourth-order valence-electron chi connectivity index (χ4n) is 10.7. The Morgan fingerprint density at radius 3 is 2.31 bits per heavy atom. The Morgan fingerprint density at radius 2 is 1.54 bits per heavy atom. The van der Waals surface area contributed by atoms with Crippen molar-refractivity contribution in [2.45, 2.75) is 69.9 Å². The van der Waals surface area contributed by atoms with E-state index < -0.39 is 0 Å². The van der Waals surface area contributed by atoms with Crippen LogP contribution in [-0.4, -0.2) is 99.0 Å². The largest absolute Gasteiger partial charge is 0.508 e. The van der Waals surface area contributed by atoms with Crippen LogP contribution in [0.5, 0.6) is 5.75 Å². The zero-order valence-electron chi connectivity index (χ0n) is 30.9. The van der Waals surface area contributed by atoms with Gasteiger partial charge in [-0.2, -0.15) is 0 Å². The van der Waals surface area contributed by atoms with Gasteiger partial charge in [0.05, 0.1) is 0 Å². The van der Waals surface area contributed by atoms with E-state index in [9.17, 15) is 9.90 Å². The molecule has 3 aromatic carbocycles. The summed E-state index contributed by atoms with van der Waals surface area (Å²) in [6.45, 7) is 12.3. The third-order valence-corrected chi connectivity index (χ3v) is 13.6. The third-order valence-electron chi connectivity index (χ3n) is 13.6. The molecule has 0 aromatic heterocycles. The number of fused-ring (bicyclic) bond motifs is 2. The predicted molar refractivity (Wildman–Crippen MR) is 208 cm³/mol. The Bertz CT molecular complexity index is 1700. The molecule has 8 nitrogen and oxygen atoms in total. The number of nitrogens with zero attached hydrogens (tertiary/aromatic N) is 4. The number of carbonyl (C=O) groups excluding carboxylic acids is 1. The molecule has 1 aliphatic carbocycles. The number of aromatic hydroxyl groups is 1. The van der Waals surface area contributed by atoms with Crippen LogP contribution in [0.3, 0.4) is 0 Å². The highest BCUT2D eigenvalue weighted by molar-refractivity contribution is 5.99. The summed E-state index contributed by atoms with van der Waals surface area (Å²) < 4.78 is 5.75. The van der Waals surface area contributed by atoms with Crippen molar-refractivity contribution in [2.24, 2.45) is 17.8 Å². The van der Waals surface area contributed by atoms with E-state index in [0.717, 1.165) is 116 Å². The quantitative estimate of drug-likeness (QED) is 0.301. The van der Waals surface area contributed by atoms with Crippen LogP contribution in [0, 0.1) is 17.8 Å². The molecule has 6 aliphatic rings. The lowest BCUT2D eigenvalue weighted by atomic mass is 9.65. The second kappa shape index (κ2) is 15.0. The van der Waals surface area contributed by atoms with Crippen molar-refractivity contribution in [2.75, 3.05) is 81.9 Å². The summed E-state index contributed by atoms with van der Waals surface area (Å²) in [4.78, 5) is 23.1. The molecular weight excluding hydrogens is 647 g/mol. The molecule has 0 saturated carbocycles. The van der Waals surface area contributed by atoms with Crippen LogP contribution >= 0.6 is 0 Å². The van der Waals surface area contributed by atoms with Gasteiger partial charge in [-0.3, -0.25) is 9.69 Å². The van der Waals surface area contributed by atoms with Crippen LogP contribution in [0.15, 0.2) is 60.7 Å². The molecule has 5 heterocycles. The van der Waals surface area contributed by atoms with Gasteiger partial charge in [0, 0.05) is 101 Å². The van der Waals surface area contributed by atoms with Crippen molar-refractivity contribution >= 4 is 17.3 Å². The van der Waals surface area contributed by atoms with Gasteiger partial charge < -0.3 is 29.9 Å². The molecule has 0 unspecified atom stereocenters. The number of ether oxygens (including phenoxy) is 1. The van der Waals surface area contributed by atoms with Gasteiger partial charge in [-0.05, 0) is 140 Å². The number of rotatable bonds is 7. The molecule has 3 atom stereocenters. The summed E-state index contributed by atoms with van der Waals surface area (Å²) in [7, 11) is 0. The molecule has 2 N–H and O–H groups in total. The number of hydrogen-bond donors (Lipinski definition) is 2. The zero-order chi connectivity index (χ0) is 35.0. The van der Waals surface area contributed by atoms with E-state index in [2.05, 4.69) is 73.4 Å². The molecule has 0 bridgehead atoms. The molecule has 4 saturated heterocycles. The van der Waals surface area contributed by atoms with Gasteiger partial charge in [0.1, 0.15) is 5.75 Å². The maximum absolute atomic E-state index is 13.2. The van der Waals surface area contributed by atoms with Crippen molar-refractivity contribution in [1.29, 1.82) is 0 Å². The minimum atomic E-state index is 0.218. The highest BCUT2D eigenvalue weighted by Gasteiger charge is 2.37. The number of nitrogens with one attached hydrogen (secondary N) is 1. The standard InChI is InChI=1S/C44H57N5O3/c50-39-9-12-41-34(27-39)5-10-40(32-15-24-52-25-16-32)43(41)33-3-6-36(7-4-33)47-18-13-31(14-19-47)29-46-20-22-48(23-21-46)37-8-11-42-35(26-37)30-49(44(42)51)38-2-1-17-45-28-38/h3-4,6-9,11-12,26-27,31-32,38,40,43,45,50H,1-2,5,10,13-25,28-30H2/t38-,40+,43-/m0/s1. The maximum atomic E-state index is 13.2. The third kappa shape index (κ3) is 6.94. The molecular formula is C44H57N5O3. The fraction of sp³-hybridized carbons (Fsp3) is 0.568. The van der Waals surface area contributed by atoms with Crippen LogP contribution in [0.1, 0.15) is 83.5 Å². The Balaban J connectivity index is 0.776. The number of hydrogen-bond acceptors (Lipinski definition) is 7. The van der Waals surface area contributed by atoms with Gasteiger partial charge >= 0.3 is 0 Å². The molecule has 276 valence electrons. The summed E-state index contributed by atoms with van der Waals surface area (Å²) in [5.41, 5.74) is 8.91. The Morgan fingerprint density at radius 1 is 0.769 bits per heavy atom. The molecule has 52 heavy (non-hydrogen) atoms. The van der Waals surface area contributed by atoms with Crippen LogP contribution < -0.4 is 15.1 Å². The van der Waals surface area contributed by atoms with Gasteiger partial charge in [-0.15, -0.1) is 0 Å². The first kappa shape index (κ1) is 34.2. The van der Waals surface area contributed by atoms with Crippen molar-refractivity contribution in [3.63, 3.8) is 0 Å². The Labute approximate surface area is 310 Å². The molecule has 4 fully saturated rings. The SMILES string of the molecule is O=C1c2ccc(N3CCN(CC4CCN(c5ccc([C@@H]6c7ccc(O)cc7CC[C@@H]6C6CCOCC6)cc5)CC4)CC3)cc2CN1[C@H]1CCCNC1. The molecule has 5 aliphatic heterocycles. The van der Waals surface area contributed by atoms with Gasteiger partial charge in [0.15, 0.2) is 0 Å². The molecule has 0 spiro atoms. The monoisotopic (exact) mass is 703 g/mol. The van der Waals surface area contributed by atoms with Crippen molar-refractivity contribution < 1.29 is 14.6 Å². The molecule has 1 amide bonds. The van der Waals surface area contributed by atoms with Crippen LogP contribution in [0.4, 0.5) is 11.4 Å². The van der Waals surface area contributed by atoms with E-state index in [4.69, 9.17) is 4.74 Å². The summed E-state index contributed by atoms with van der Waals surface area (Å²) in [6.07, 6.45) is 9.31. The number of carbonyl (C=O) groups is 1. The smallest absolute Gasteiger partial charge is 0.254 e. The molecule has 0 radical (unpaired) electrons. The fourth-order valence-corrected chi connectivity index (χ4v) is 10.7. The Kier molecular flexibility index (Phi) is 9.89. The van der Waals surface area contributed by atoms with E-state index in [1.54, 1.807) is 0 Å². The van der Waals surface area contributed by atoms with E-state index in [1.807, 2.05) is 12.1 Å². The van der Waals surface area contributed by atoms with Gasteiger partial charge in [-0.25, -0.2) is 0 Å². The minimum absolute atomic E-state index is 0.218. The minimum Gasteiger partial charge on any atom is -0.508 e. The average molecular weight is 704 g/mol. The maximum Gasteiger partial charge on any atom is 0.254 e. The van der Waals surface area contributed by atoms with E-state index >= 15 is 0 Å². The number of phenols is 1. The van der Waals surface area contributed by atoms with E-state index in [0.29, 0.717) is 29.5 Å². The number of piperazine rings is 1. The molecule has 9 rings (SSSR count). The van der Waals surface area contributed by atoms with Crippen LogP contribution in [-0.2, 0) is 17.7 Å².